The molecular weight excluding hydrogens is 310 g/mol. The molecule has 8 heteroatoms. The molecule has 3 rings (SSSR count). The zero-order valence-corrected chi connectivity index (χ0v) is 12.3. The number of nitrogens with zero attached hydrogens (tertiary/aromatic N) is 4. The van der Waals surface area contributed by atoms with Crippen molar-refractivity contribution in [2.24, 2.45) is 0 Å². The first kappa shape index (κ1) is 13.7. The van der Waals surface area contributed by atoms with E-state index in [0.29, 0.717) is 23.3 Å². The Balaban J connectivity index is 1.76. The molecule has 0 bridgehead atoms. The third-order valence-electron chi connectivity index (χ3n) is 2.67. The standard InChI is InChI=1S/C13H10ClN5OS/c14-9-1-3-10(4-2-9)17-8-19-13(21)20-12(18-19)11-7-15-5-6-16-11/h1-7,17H,8H2. The maximum Gasteiger partial charge on any atom is 0.289 e. The molecule has 0 unspecified atom stereocenters. The first-order valence-electron chi connectivity index (χ1n) is 6.06. The van der Waals surface area contributed by atoms with Crippen LogP contribution in [0, 0.1) is 4.84 Å². The fraction of sp³-hybridized carbons (Fsp3) is 0.0769. The van der Waals surface area contributed by atoms with Crippen LogP contribution < -0.4 is 5.32 Å². The Kier molecular flexibility index (Phi) is 3.94. The van der Waals surface area contributed by atoms with Crippen molar-refractivity contribution in [3.05, 3.63) is 52.7 Å². The molecule has 1 aromatic carbocycles. The van der Waals surface area contributed by atoms with Crippen LogP contribution in [-0.2, 0) is 6.67 Å². The highest BCUT2D eigenvalue weighted by atomic mass is 35.5. The number of rotatable bonds is 4. The SMILES string of the molecule is S=c1oc(-c2cnccn2)nn1CNc1ccc(Cl)cc1. The lowest BCUT2D eigenvalue weighted by Crippen LogP contribution is -2.09. The fourth-order valence-electron chi connectivity index (χ4n) is 1.65. The lowest BCUT2D eigenvalue weighted by molar-refractivity contribution is 0.521. The van der Waals surface area contributed by atoms with Gasteiger partial charge in [-0.25, -0.2) is 9.67 Å². The molecule has 0 saturated heterocycles. The predicted molar refractivity (Wildman–Crippen MR) is 81.4 cm³/mol. The number of benzene rings is 1. The van der Waals surface area contributed by atoms with Gasteiger partial charge in [0.2, 0.25) is 0 Å². The van der Waals surface area contributed by atoms with Crippen molar-refractivity contribution in [3.63, 3.8) is 0 Å². The minimum absolute atomic E-state index is 0.261. The quantitative estimate of drug-likeness (QED) is 0.743. The van der Waals surface area contributed by atoms with Crippen molar-refractivity contribution in [2.45, 2.75) is 6.67 Å². The third kappa shape index (κ3) is 3.26. The van der Waals surface area contributed by atoms with Crippen molar-refractivity contribution in [3.8, 4) is 11.6 Å². The molecule has 1 N–H and O–H groups in total. The van der Waals surface area contributed by atoms with Gasteiger partial charge in [-0.15, -0.1) is 5.10 Å². The summed E-state index contributed by atoms with van der Waals surface area (Å²) in [5.74, 6) is 0.339. The maximum atomic E-state index is 5.84. The molecule has 2 aromatic heterocycles. The Morgan fingerprint density at radius 3 is 2.76 bits per heavy atom. The Bertz CT molecular complexity index is 784. The first-order chi connectivity index (χ1) is 10.2. The van der Waals surface area contributed by atoms with Gasteiger partial charge in [-0.05, 0) is 36.5 Å². The molecule has 0 aliphatic heterocycles. The molecular formula is C13H10ClN5OS. The van der Waals surface area contributed by atoms with Crippen molar-refractivity contribution in [2.75, 3.05) is 5.32 Å². The van der Waals surface area contributed by atoms with E-state index in [1.165, 1.54) is 4.68 Å². The van der Waals surface area contributed by atoms with Crippen LogP contribution >= 0.6 is 23.8 Å². The summed E-state index contributed by atoms with van der Waals surface area (Å²) in [5.41, 5.74) is 1.44. The van der Waals surface area contributed by atoms with Gasteiger partial charge in [0.1, 0.15) is 12.4 Å². The minimum atomic E-state index is 0.261. The Morgan fingerprint density at radius 1 is 1.24 bits per heavy atom. The van der Waals surface area contributed by atoms with E-state index >= 15 is 0 Å². The van der Waals surface area contributed by atoms with E-state index in [1.54, 1.807) is 30.7 Å². The van der Waals surface area contributed by atoms with E-state index in [4.69, 9.17) is 28.2 Å². The normalized spacial score (nSPS) is 10.5. The number of hydrogen-bond acceptors (Lipinski definition) is 6. The van der Waals surface area contributed by atoms with Gasteiger partial charge in [0.05, 0.1) is 6.20 Å². The van der Waals surface area contributed by atoms with Crippen molar-refractivity contribution < 1.29 is 4.42 Å². The van der Waals surface area contributed by atoms with Gasteiger partial charge in [-0.3, -0.25) is 4.98 Å². The number of aromatic nitrogens is 4. The monoisotopic (exact) mass is 319 g/mol. The zero-order valence-electron chi connectivity index (χ0n) is 10.7. The largest absolute Gasteiger partial charge is 0.407 e. The van der Waals surface area contributed by atoms with E-state index in [9.17, 15) is 0 Å². The molecule has 0 amide bonds. The fourth-order valence-corrected chi connectivity index (χ4v) is 1.96. The van der Waals surface area contributed by atoms with Crippen LogP contribution in [0.25, 0.3) is 11.6 Å². The summed E-state index contributed by atoms with van der Waals surface area (Å²) < 4.78 is 6.95. The molecule has 21 heavy (non-hydrogen) atoms. The summed E-state index contributed by atoms with van der Waals surface area (Å²) in [6.07, 6.45) is 4.72. The van der Waals surface area contributed by atoms with E-state index < -0.39 is 0 Å². The lowest BCUT2D eigenvalue weighted by atomic mass is 10.3. The second-order valence-corrected chi connectivity index (χ2v) is 4.89. The highest BCUT2D eigenvalue weighted by Gasteiger charge is 2.09. The van der Waals surface area contributed by atoms with Crippen LogP contribution in [-0.4, -0.2) is 19.7 Å². The summed E-state index contributed by atoms with van der Waals surface area (Å²) in [6.45, 7) is 0.379. The minimum Gasteiger partial charge on any atom is -0.407 e. The lowest BCUT2D eigenvalue weighted by Gasteiger charge is -2.05. The predicted octanol–water partition coefficient (Wildman–Crippen LogP) is 3.39. The second kappa shape index (κ2) is 6.02. The Hall–Kier alpha value is -2.25. The maximum absolute atomic E-state index is 5.84. The highest BCUT2D eigenvalue weighted by Crippen LogP contribution is 2.15. The van der Waals surface area contributed by atoms with Gasteiger partial charge < -0.3 is 9.73 Å². The zero-order chi connectivity index (χ0) is 14.7. The van der Waals surface area contributed by atoms with Gasteiger partial charge in [-0.1, -0.05) is 11.6 Å². The van der Waals surface area contributed by atoms with E-state index in [1.807, 2.05) is 12.1 Å². The number of halogens is 1. The molecule has 0 saturated carbocycles. The van der Waals surface area contributed by atoms with Crippen molar-refractivity contribution in [1.29, 1.82) is 0 Å². The molecule has 6 nitrogen and oxygen atoms in total. The van der Waals surface area contributed by atoms with Crippen LogP contribution in [0.5, 0.6) is 0 Å². The van der Waals surface area contributed by atoms with Gasteiger partial charge in [-0.2, -0.15) is 0 Å². The van der Waals surface area contributed by atoms with Crippen molar-refractivity contribution in [1.82, 2.24) is 19.7 Å². The second-order valence-electron chi connectivity index (χ2n) is 4.11. The summed E-state index contributed by atoms with van der Waals surface area (Å²) >= 11 is 11.0. The topological polar surface area (TPSA) is 68.8 Å². The summed E-state index contributed by atoms with van der Waals surface area (Å²) in [4.78, 5) is 8.35. The van der Waals surface area contributed by atoms with Crippen LogP contribution in [0.2, 0.25) is 5.02 Å². The molecule has 2 heterocycles. The number of nitrogens with one attached hydrogen (secondary N) is 1. The van der Waals surface area contributed by atoms with Gasteiger partial charge in [0, 0.05) is 23.1 Å². The van der Waals surface area contributed by atoms with E-state index in [0.717, 1.165) is 5.69 Å². The molecule has 0 aliphatic rings. The Labute approximate surface area is 130 Å². The summed E-state index contributed by atoms with van der Waals surface area (Å²) in [7, 11) is 0. The molecule has 0 aliphatic carbocycles. The summed E-state index contributed by atoms with van der Waals surface area (Å²) in [5, 5.41) is 8.12. The van der Waals surface area contributed by atoms with Crippen LogP contribution in [0.1, 0.15) is 0 Å². The molecule has 0 radical (unpaired) electrons. The molecule has 0 fully saturated rings. The molecule has 106 valence electrons. The number of hydrogen-bond donors (Lipinski definition) is 1. The van der Waals surface area contributed by atoms with E-state index in [2.05, 4.69) is 20.4 Å². The molecule has 0 spiro atoms. The first-order valence-corrected chi connectivity index (χ1v) is 6.85. The third-order valence-corrected chi connectivity index (χ3v) is 3.21. The van der Waals surface area contributed by atoms with Gasteiger partial charge in [0.15, 0.2) is 0 Å². The average Bonchev–Trinajstić information content (AvgIpc) is 2.89. The summed E-state index contributed by atoms with van der Waals surface area (Å²) in [6, 6.07) is 7.35. The van der Waals surface area contributed by atoms with E-state index in [-0.39, 0.29) is 4.84 Å². The van der Waals surface area contributed by atoms with Gasteiger partial charge >= 0.3 is 0 Å². The molecule has 3 aromatic rings. The van der Waals surface area contributed by atoms with Crippen LogP contribution in [0.3, 0.4) is 0 Å². The Morgan fingerprint density at radius 2 is 2.05 bits per heavy atom. The van der Waals surface area contributed by atoms with Gasteiger partial charge in [0.25, 0.3) is 10.7 Å². The molecule has 0 atom stereocenters. The van der Waals surface area contributed by atoms with Crippen LogP contribution in [0.15, 0.2) is 47.3 Å². The number of anilines is 1. The smallest absolute Gasteiger partial charge is 0.289 e. The highest BCUT2D eigenvalue weighted by molar-refractivity contribution is 7.71. The van der Waals surface area contributed by atoms with Crippen molar-refractivity contribution >= 4 is 29.5 Å². The van der Waals surface area contributed by atoms with Crippen LogP contribution in [0.4, 0.5) is 5.69 Å². The average molecular weight is 320 g/mol.